The zero-order chi connectivity index (χ0) is 18.2. The number of carboxylic acids is 1. The summed E-state index contributed by atoms with van der Waals surface area (Å²) in [7, 11) is 0. The molecule has 25 heavy (non-hydrogen) atoms. The average Bonchev–Trinajstić information content (AvgIpc) is 3.32. The second-order valence-electron chi connectivity index (χ2n) is 7.34. The summed E-state index contributed by atoms with van der Waals surface area (Å²) in [6.07, 6.45) is 2.01. The first-order valence-corrected chi connectivity index (χ1v) is 8.52. The topological polar surface area (TPSA) is 69.6 Å². The summed E-state index contributed by atoms with van der Waals surface area (Å²) in [5.74, 6) is -2.55. The number of nitrogens with one attached hydrogen (secondary N) is 1. The van der Waals surface area contributed by atoms with Crippen molar-refractivity contribution in [1.29, 1.82) is 0 Å². The predicted molar refractivity (Wildman–Crippen MR) is 87.1 cm³/mol. The number of likely N-dealkylation sites (tertiary alicyclic amines) is 1. The minimum atomic E-state index is -0.892. The molecule has 0 spiro atoms. The van der Waals surface area contributed by atoms with Crippen molar-refractivity contribution in [2.24, 2.45) is 11.8 Å². The molecule has 1 saturated carbocycles. The third-order valence-corrected chi connectivity index (χ3v) is 5.23. The highest BCUT2D eigenvalue weighted by Crippen LogP contribution is 2.48. The number of aliphatic carboxylic acids is 1. The van der Waals surface area contributed by atoms with E-state index in [0.717, 1.165) is 18.9 Å². The molecule has 7 heteroatoms. The molecule has 2 amide bonds. The molecule has 0 radical (unpaired) electrons. The maximum absolute atomic E-state index is 14.0. The van der Waals surface area contributed by atoms with Crippen LogP contribution in [0.4, 0.5) is 13.6 Å². The third-order valence-electron chi connectivity index (χ3n) is 5.23. The van der Waals surface area contributed by atoms with Crippen molar-refractivity contribution >= 4 is 12.0 Å². The van der Waals surface area contributed by atoms with Gasteiger partial charge >= 0.3 is 12.0 Å². The van der Waals surface area contributed by atoms with Crippen molar-refractivity contribution in [3.8, 4) is 0 Å². The number of carboxylic acid groups (broad SMARTS) is 1. The van der Waals surface area contributed by atoms with Crippen LogP contribution in [0.5, 0.6) is 0 Å². The molecule has 5 nitrogen and oxygen atoms in total. The van der Waals surface area contributed by atoms with Crippen LogP contribution in [-0.2, 0) is 10.2 Å². The summed E-state index contributed by atoms with van der Waals surface area (Å²) in [5, 5.41) is 12.0. The molecule has 1 aromatic carbocycles. The van der Waals surface area contributed by atoms with Crippen LogP contribution in [0.15, 0.2) is 18.2 Å². The van der Waals surface area contributed by atoms with Gasteiger partial charge in [0.15, 0.2) is 0 Å². The van der Waals surface area contributed by atoms with Crippen molar-refractivity contribution in [1.82, 2.24) is 10.2 Å². The lowest BCUT2D eigenvalue weighted by Crippen LogP contribution is -2.50. The quantitative estimate of drug-likeness (QED) is 0.875. The largest absolute Gasteiger partial charge is 0.481 e. The van der Waals surface area contributed by atoms with Crippen LogP contribution in [-0.4, -0.2) is 41.6 Å². The smallest absolute Gasteiger partial charge is 0.317 e. The summed E-state index contributed by atoms with van der Waals surface area (Å²) in [4.78, 5) is 25.2. The van der Waals surface area contributed by atoms with Crippen molar-refractivity contribution in [2.75, 3.05) is 19.6 Å². The summed E-state index contributed by atoms with van der Waals surface area (Å²) >= 11 is 0. The van der Waals surface area contributed by atoms with Crippen molar-refractivity contribution in [3.63, 3.8) is 0 Å². The first-order valence-electron chi connectivity index (χ1n) is 8.52. The van der Waals surface area contributed by atoms with Crippen LogP contribution in [0.3, 0.4) is 0 Å². The monoisotopic (exact) mass is 352 g/mol. The standard InChI is InChI=1S/C18H22F2N2O3/c1-11-6-12(16(23)24)9-22(8-11)17(25)21-10-18(4-5-18)14-3-2-13(19)7-15(14)20/h2-3,7,11-12H,4-6,8-10H2,1H3,(H,21,25)(H,23,24). The first kappa shape index (κ1) is 17.6. The van der Waals surface area contributed by atoms with E-state index in [1.165, 1.54) is 17.0 Å². The van der Waals surface area contributed by atoms with E-state index in [4.69, 9.17) is 0 Å². The summed E-state index contributed by atoms with van der Waals surface area (Å²) in [6, 6.07) is 3.20. The lowest BCUT2D eigenvalue weighted by Gasteiger charge is -2.35. The zero-order valence-electron chi connectivity index (χ0n) is 14.1. The van der Waals surface area contributed by atoms with Gasteiger partial charge in [-0.05, 0) is 36.8 Å². The molecule has 2 N–H and O–H groups in total. The van der Waals surface area contributed by atoms with Gasteiger partial charge in [0.2, 0.25) is 0 Å². The summed E-state index contributed by atoms with van der Waals surface area (Å²) in [6.45, 7) is 2.87. The number of carbonyl (C=O) groups excluding carboxylic acids is 1. The second-order valence-corrected chi connectivity index (χ2v) is 7.34. The Bertz CT molecular complexity index is 691. The van der Waals surface area contributed by atoms with Gasteiger partial charge in [0, 0.05) is 31.1 Å². The number of piperidine rings is 1. The van der Waals surface area contributed by atoms with Gasteiger partial charge in [-0.1, -0.05) is 13.0 Å². The van der Waals surface area contributed by atoms with Gasteiger partial charge in [0.25, 0.3) is 0 Å². The van der Waals surface area contributed by atoms with E-state index in [2.05, 4.69) is 5.32 Å². The SMILES string of the molecule is CC1CC(C(=O)O)CN(C(=O)NCC2(c3ccc(F)cc3F)CC2)C1. The van der Waals surface area contributed by atoms with E-state index in [0.29, 0.717) is 18.5 Å². The Kier molecular flexibility index (Phi) is 4.67. The fourth-order valence-corrected chi connectivity index (χ4v) is 3.66. The number of hydrogen-bond acceptors (Lipinski definition) is 2. The Morgan fingerprint density at radius 3 is 2.64 bits per heavy atom. The Labute approximate surface area is 145 Å². The van der Waals surface area contributed by atoms with E-state index in [9.17, 15) is 23.5 Å². The van der Waals surface area contributed by atoms with E-state index in [1.54, 1.807) is 0 Å². The number of halogens is 2. The molecule has 3 rings (SSSR count). The Morgan fingerprint density at radius 1 is 1.32 bits per heavy atom. The summed E-state index contributed by atoms with van der Waals surface area (Å²) in [5.41, 5.74) is -0.0641. The molecule has 2 atom stereocenters. The zero-order valence-corrected chi connectivity index (χ0v) is 14.1. The lowest BCUT2D eigenvalue weighted by molar-refractivity contribution is -0.143. The second kappa shape index (κ2) is 6.61. The number of rotatable bonds is 4. The molecule has 136 valence electrons. The average molecular weight is 352 g/mol. The molecule has 0 aromatic heterocycles. The van der Waals surface area contributed by atoms with Crippen LogP contribution in [0.25, 0.3) is 0 Å². The van der Waals surface area contributed by atoms with Crippen LogP contribution in [0, 0.1) is 23.5 Å². The van der Waals surface area contributed by atoms with E-state index in [-0.39, 0.29) is 25.0 Å². The van der Waals surface area contributed by atoms with Gasteiger partial charge in [-0.2, -0.15) is 0 Å². The molecule has 0 bridgehead atoms. The van der Waals surface area contributed by atoms with Crippen LogP contribution in [0.1, 0.15) is 31.7 Å². The highest BCUT2D eigenvalue weighted by atomic mass is 19.1. The number of amides is 2. The normalized spacial score (nSPS) is 24.7. The fraction of sp³-hybridized carbons (Fsp3) is 0.556. The molecule has 1 aliphatic heterocycles. The third kappa shape index (κ3) is 3.75. The molecule has 1 heterocycles. The van der Waals surface area contributed by atoms with Gasteiger partial charge in [-0.15, -0.1) is 0 Å². The van der Waals surface area contributed by atoms with Crippen LogP contribution in [0.2, 0.25) is 0 Å². The van der Waals surface area contributed by atoms with Crippen molar-refractivity contribution in [3.05, 3.63) is 35.4 Å². The molecule has 2 unspecified atom stereocenters. The molecule has 1 aliphatic carbocycles. The van der Waals surface area contributed by atoms with E-state index < -0.39 is 28.9 Å². The number of hydrogen-bond donors (Lipinski definition) is 2. The van der Waals surface area contributed by atoms with Gasteiger partial charge in [0.05, 0.1) is 5.92 Å². The number of urea groups is 1. The molecular weight excluding hydrogens is 330 g/mol. The van der Waals surface area contributed by atoms with Gasteiger partial charge in [-0.3, -0.25) is 4.79 Å². The summed E-state index contributed by atoms with van der Waals surface area (Å²) < 4.78 is 27.1. The first-order chi connectivity index (χ1) is 11.8. The lowest BCUT2D eigenvalue weighted by atomic mass is 9.90. The number of benzene rings is 1. The minimum absolute atomic E-state index is 0.116. The highest BCUT2D eigenvalue weighted by Gasteiger charge is 2.46. The predicted octanol–water partition coefficient (Wildman–Crippen LogP) is 2.75. The molecule has 2 fully saturated rings. The Morgan fingerprint density at radius 2 is 2.04 bits per heavy atom. The highest BCUT2D eigenvalue weighted by molar-refractivity contribution is 5.76. The van der Waals surface area contributed by atoms with Gasteiger partial charge < -0.3 is 15.3 Å². The van der Waals surface area contributed by atoms with E-state index in [1.807, 2.05) is 6.92 Å². The van der Waals surface area contributed by atoms with E-state index >= 15 is 0 Å². The van der Waals surface area contributed by atoms with Crippen molar-refractivity contribution < 1.29 is 23.5 Å². The minimum Gasteiger partial charge on any atom is -0.481 e. The van der Waals surface area contributed by atoms with Gasteiger partial charge in [0.1, 0.15) is 11.6 Å². The maximum atomic E-state index is 14.0. The number of nitrogens with zero attached hydrogens (tertiary/aromatic N) is 1. The maximum Gasteiger partial charge on any atom is 0.317 e. The molecule has 1 aromatic rings. The number of carbonyl (C=O) groups is 2. The van der Waals surface area contributed by atoms with Crippen molar-refractivity contribution in [2.45, 2.75) is 31.6 Å². The van der Waals surface area contributed by atoms with Crippen LogP contribution < -0.4 is 5.32 Å². The van der Waals surface area contributed by atoms with Crippen LogP contribution >= 0.6 is 0 Å². The Hall–Kier alpha value is -2.18. The van der Waals surface area contributed by atoms with Gasteiger partial charge in [-0.25, -0.2) is 13.6 Å². The molecule has 1 saturated heterocycles. The molecule has 2 aliphatic rings. The molecular formula is C18H22F2N2O3. The Balaban J connectivity index is 1.63. The fourth-order valence-electron chi connectivity index (χ4n) is 3.66.